The zero-order chi connectivity index (χ0) is 19.7. The van der Waals surface area contributed by atoms with Gasteiger partial charge < -0.3 is 14.9 Å². The summed E-state index contributed by atoms with van der Waals surface area (Å²) >= 11 is 5.61. The molecule has 0 unspecified atom stereocenters. The maximum absolute atomic E-state index is 12.7. The van der Waals surface area contributed by atoms with Crippen molar-refractivity contribution in [2.45, 2.75) is 11.3 Å². The van der Waals surface area contributed by atoms with Crippen LogP contribution in [0.3, 0.4) is 0 Å². The normalized spacial score (nSPS) is 10.9. The third-order valence-electron chi connectivity index (χ3n) is 3.99. The summed E-state index contributed by atoms with van der Waals surface area (Å²) in [6.07, 6.45) is 0. The number of urea groups is 1. The van der Waals surface area contributed by atoms with E-state index in [2.05, 4.69) is 33.1 Å². The molecule has 28 heavy (non-hydrogen) atoms. The summed E-state index contributed by atoms with van der Waals surface area (Å²) in [5.41, 5.74) is 2.11. The lowest BCUT2D eigenvalue weighted by Crippen LogP contribution is -2.35. The van der Waals surface area contributed by atoms with Gasteiger partial charge in [-0.15, -0.1) is 12.6 Å². The van der Waals surface area contributed by atoms with Gasteiger partial charge in [0.2, 0.25) is 0 Å². The minimum absolute atomic E-state index is 0.179. The van der Waals surface area contributed by atoms with Crippen molar-refractivity contribution < 1.29 is 14.4 Å². The molecule has 1 aromatic carbocycles. The van der Waals surface area contributed by atoms with E-state index in [4.69, 9.17) is 4.52 Å². The van der Waals surface area contributed by atoms with Crippen LogP contribution in [0.25, 0.3) is 21.7 Å². The number of thiol groups is 1. The highest BCUT2D eigenvalue weighted by molar-refractivity contribution is 7.82. The van der Waals surface area contributed by atoms with E-state index < -0.39 is 0 Å². The van der Waals surface area contributed by atoms with Crippen molar-refractivity contribution in [1.82, 2.24) is 15.1 Å². The average molecular weight is 413 g/mol. The number of rotatable bonds is 4. The second-order valence-electron chi connectivity index (χ2n) is 5.79. The Kier molecular flexibility index (Phi) is 4.88. The fraction of sp³-hybridized carbons (Fsp3) is 0.111. The van der Waals surface area contributed by atoms with Crippen LogP contribution in [-0.2, 0) is 0 Å². The van der Waals surface area contributed by atoms with Crippen molar-refractivity contribution in [3.05, 3.63) is 42.5 Å². The van der Waals surface area contributed by atoms with E-state index in [1.54, 1.807) is 35.2 Å². The lowest BCUT2D eigenvalue weighted by molar-refractivity contribution is 0.257. The molecule has 0 radical (unpaired) electrons. The number of thiazole rings is 1. The minimum atomic E-state index is -0.296. The van der Waals surface area contributed by atoms with Crippen molar-refractivity contribution in [3.8, 4) is 17.2 Å². The van der Waals surface area contributed by atoms with Crippen LogP contribution in [0.4, 0.5) is 16.3 Å². The van der Waals surface area contributed by atoms with Crippen molar-refractivity contribution >= 4 is 51.8 Å². The molecule has 2 amide bonds. The molecular weight excluding hydrogens is 398 g/mol. The van der Waals surface area contributed by atoms with Gasteiger partial charge in [0.25, 0.3) is 5.88 Å². The first-order chi connectivity index (χ1) is 13.5. The summed E-state index contributed by atoms with van der Waals surface area (Å²) in [4.78, 5) is 23.8. The molecule has 142 valence electrons. The highest BCUT2D eigenvalue weighted by atomic mass is 32.2. The fourth-order valence-corrected chi connectivity index (χ4v) is 3.71. The van der Waals surface area contributed by atoms with E-state index >= 15 is 0 Å². The molecule has 0 aliphatic carbocycles. The molecule has 0 fully saturated rings. The number of hydrogen-bond acceptors (Lipinski definition) is 8. The number of nitrogens with zero attached hydrogens (tertiary/aromatic N) is 4. The van der Waals surface area contributed by atoms with Crippen molar-refractivity contribution in [3.63, 3.8) is 0 Å². The van der Waals surface area contributed by atoms with Gasteiger partial charge in [-0.3, -0.25) is 4.90 Å². The van der Waals surface area contributed by atoms with Crippen LogP contribution < -0.4 is 10.2 Å². The van der Waals surface area contributed by atoms with E-state index in [1.165, 1.54) is 17.4 Å². The second-order valence-corrected chi connectivity index (χ2v) is 7.49. The lowest BCUT2D eigenvalue weighted by atomic mass is 10.1. The lowest BCUT2D eigenvalue weighted by Gasteiger charge is -2.20. The number of aromatic nitrogens is 3. The van der Waals surface area contributed by atoms with Crippen LogP contribution in [0.2, 0.25) is 0 Å². The predicted molar refractivity (Wildman–Crippen MR) is 110 cm³/mol. The Morgan fingerprint density at radius 3 is 2.71 bits per heavy atom. The van der Waals surface area contributed by atoms with Gasteiger partial charge in [-0.25, -0.2) is 14.8 Å². The van der Waals surface area contributed by atoms with Crippen molar-refractivity contribution in [1.29, 1.82) is 0 Å². The van der Waals surface area contributed by atoms with Crippen LogP contribution in [-0.4, -0.2) is 32.8 Å². The Hall–Kier alpha value is -3.11. The molecule has 0 saturated heterocycles. The summed E-state index contributed by atoms with van der Waals surface area (Å²) < 4.78 is 5.64. The smallest absolute Gasteiger partial charge is 0.327 e. The molecule has 3 aromatic heterocycles. The van der Waals surface area contributed by atoms with Crippen LogP contribution in [0, 0.1) is 0 Å². The number of carbonyl (C=O) groups is 1. The number of hydrogen-bond donors (Lipinski definition) is 3. The van der Waals surface area contributed by atoms with Crippen LogP contribution in [0.15, 0.2) is 51.3 Å². The monoisotopic (exact) mass is 413 g/mol. The second kappa shape index (κ2) is 7.49. The molecule has 3 heterocycles. The van der Waals surface area contributed by atoms with E-state index in [1.807, 2.05) is 13.0 Å². The number of pyridine rings is 1. The molecule has 0 aliphatic heterocycles. The van der Waals surface area contributed by atoms with Gasteiger partial charge >= 0.3 is 6.03 Å². The summed E-state index contributed by atoms with van der Waals surface area (Å²) in [7, 11) is 0. The number of aromatic hydroxyl groups is 1. The van der Waals surface area contributed by atoms with E-state index in [0.717, 1.165) is 15.9 Å². The molecule has 0 atom stereocenters. The quantitative estimate of drug-likeness (QED) is 0.429. The average Bonchev–Trinajstić information content (AvgIpc) is 3.27. The summed E-state index contributed by atoms with van der Waals surface area (Å²) in [5.74, 6) is 0.802. The number of carbonyl (C=O) groups excluding carboxylic acids is 1. The molecule has 4 rings (SSSR count). The highest BCUT2D eigenvalue weighted by Crippen LogP contribution is 2.27. The topological polar surface area (TPSA) is 104 Å². The maximum Gasteiger partial charge on any atom is 0.327 e. The highest BCUT2D eigenvalue weighted by Gasteiger charge is 2.17. The molecule has 0 bridgehead atoms. The third-order valence-corrected chi connectivity index (χ3v) is 5.13. The van der Waals surface area contributed by atoms with Gasteiger partial charge in [-0.1, -0.05) is 11.3 Å². The van der Waals surface area contributed by atoms with Crippen LogP contribution in [0.5, 0.6) is 5.88 Å². The number of anilines is 2. The van der Waals surface area contributed by atoms with Gasteiger partial charge in [0.05, 0.1) is 0 Å². The first-order valence-electron chi connectivity index (χ1n) is 8.34. The number of nitrogens with one attached hydrogen (secondary N) is 1. The van der Waals surface area contributed by atoms with E-state index in [-0.39, 0.29) is 11.9 Å². The Morgan fingerprint density at radius 1 is 1.25 bits per heavy atom. The largest absolute Gasteiger partial charge is 0.491 e. The zero-order valence-corrected chi connectivity index (χ0v) is 16.4. The Labute approximate surface area is 169 Å². The Bertz CT molecular complexity index is 1140. The molecular formula is C18H15N5O3S2. The van der Waals surface area contributed by atoms with Crippen molar-refractivity contribution in [2.24, 2.45) is 0 Å². The van der Waals surface area contributed by atoms with Gasteiger partial charge in [-0.2, -0.15) is 0 Å². The molecule has 4 aromatic rings. The number of amides is 2. The Morgan fingerprint density at radius 2 is 2.04 bits per heavy atom. The molecule has 8 nitrogen and oxygen atoms in total. The van der Waals surface area contributed by atoms with Gasteiger partial charge in [-0.05, 0) is 48.5 Å². The summed E-state index contributed by atoms with van der Waals surface area (Å²) in [5, 5.41) is 15.6. The number of benzene rings is 1. The molecule has 0 saturated carbocycles. The molecule has 2 N–H and O–H groups in total. The SMILES string of the molecule is CCN(C(=O)Nc1ccc(-c2cc(O)no2)cc1)c1ccc2nc(S)sc2n1. The van der Waals surface area contributed by atoms with Gasteiger partial charge in [0, 0.05) is 23.9 Å². The third kappa shape index (κ3) is 3.64. The fourth-order valence-electron chi connectivity index (χ4n) is 2.67. The first-order valence-corrected chi connectivity index (χ1v) is 9.61. The van der Waals surface area contributed by atoms with Gasteiger partial charge in [0.1, 0.15) is 20.5 Å². The number of fused-ring (bicyclic) bond motifs is 1. The van der Waals surface area contributed by atoms with Crippen LogP contribution >= 0.6 is 24.0 Å². The van der Waals surface area contributed by atoms with Crippen LogP contribution in [0.1, 0.15) is 6.92 Å². The maximum atomic E-state index is 12.7. The zero-order valence-electron chi connectivity index (χ0n) is 14.7. The predicted octanol–water partition coefficient (Wildman–Crippen LogP) is 4.40. The standard InChI is InChI=1S/C18H15N5O3S2/c1-2-23(14-8-7-12-16(21-14)28-18(27)20-12)17(25)19-11-5-3-10(4-6-11)13-9-15(24)22-26-13/h3-9H,2H2,1H3,(H,19,25)(H,20,27)(H,22,24). The summed E-state index contributed by atoms with van der Waals surface area (Å²) in [6.45, 7) is 2.33. The minimum Gasteiger partial charge on any atom is -0.491 e. The van der Waals surface area contributed by atoms with Crippen molar-refractivity contribution in [2.75, 3.05) is 16.8 Å². The molecule has 0 spiro atoms. The first kappa shape index (κ1) is 18.3. The summed E-state index contributed by atoms with van der Waals surface area (Å²) in [6, 6.07) is 11.7. The molecule has 10 heteroatoms. The molecule has 0 aliphatic rings. The Balaban J connectivity index is 1.52. The van der Waals surface area contributed by atoms with E-state index in [0.29, 0.717) is 28.1 Å². The van der Waals surface area contributed by atoms with E-state index in [9.17, 15) is 9.90 Å². The van der Waals surface area contributed by atoms with Gasteiger partial charge in [0.15, 0.2) is 5.76 Å².